The molecule has 0 radical (unpaired) electrons. The third-order valence-electron chi connectivity index (χ3n) is 2.78. The van der Waals surface area contributed by atoms with Crippen molar-refractivity contribution in [1.29, 1.82) is 0 Å². The molecule has 2 heterocycles. The third-order valence-corrected chi connectivity index (χ3v) is 4.32. The Morgan fingerprint density at radius 3 is 3.21 bits per heavy atom. The standard InChI is InChI=1S/C10H17N3S/c1-13-5-4-12-10(13)7-8(11)9-3-2-6-14-9/h4-5,8-9H,2-3,6-7,11H2,1H3. The van der Waals surface area contributed by atoms with Crippen LogP contribution in [0.5, 0.6) is 0 Å². The first-order valence-corrected chi connectivity index (χ1v) is 6.15. The van der Waals surface area contributed by atoms with Gasteiger partial charge in [-0.25, -0.2) is 4.98 Å². The van der Waals surface area contributed by atoms with Gasteiger partial charge < -0.3 is 10.3 Å². The molecule has 2 rings (SSSR count). The van der Waals surface area contributed by atoms with E-state index in [1.165, 1.54) is 18.6 Å². The smallest absolute Gasteiger partial charge is 0.109 e. The van der Waals surface area contributed by atoms with E-state index in [0.717, 1.165) is 12.2 Å². The molecule has 0 aromatic carbocycles. The van der Waals surface area contributed by atoms with E-state index in [9.17, 15) is 0 Å². The average molecular weight is 211 g/mol. The summed E-state index contributed by atoms with van der Waals surface area (Å²) in [5, 5.41) is 0.645. The number of imidazole rings is 1. The summed E-state index contributed by atoms with van der Waals surface area (Å²) >= 11 is 2.02. The van der Waals surface area contributed by atoms with Crippen LogP contribution < -0.4 is 5.73 Å². The van der Waals surface area contributed by atoms with Gasteiger partial charge in [0.15, 0.2) is 0 Å². The summed E-state index contributed by atoms with van der Waals surface area (Å²) in [5.41, 5.74) is 6.16. The zero-order valence-corrected chi connectivity index (χ0v) is 9.33. The van der Waals surface area contributed by atoms with E-state index in [1.54, 1.807) is 0 Å². The quantitative estimate of drug-likeness (QED) is 0.816. The van der Waals surface area contributed by atoms with Crippen molar-refractivity contribution in [3.8, 4) is 0 Å². The maximum absolute atomic E-state index is 6.16. The molecule has 4 heteroatoms. The normalized spacial score (nSPS) is 24.0. The Morgan fingerprint density at radius 1 is 1.79 bits per heavy atom. The van der Waals surface area contributed by atoms with Crippen molar-refractivity contribution in [2.45, 2.75) is 30.6 Å². The minimum absolute atomic E-state index is 0.267. The summed E-state index contributed by atoms with van der Waals surface area (Å²) in [6.07, 6.45) is 7.31. The summed E-state index contributed by atoms with van der Waals surface area (Å²) in [7, 11) is 2.02. The molecule has 0 saturated carbocycles. The van der Waals surface area contributed by atoms with E-state index < -0.39 is 0 Å². The van der Waals surface area contributed by atoms with E-state index in [4.69, 9.17) is 5.73 Å². The summed E-state index contributed by atoms with van der Waals surface area (Å²) in [5.74, 6) is 2.38. The van der Waals surface area contributed by atoms with E-state index >= 15 is 0 Å². The highest BCUT2D eigenvalue weighted by Crippen LogP contribution is 2.28. The van der Waals surface area contributed by atoms with Gasteiger partial charge >= 0.3 is 0 Å². The molecular formula is C10H17N3S. The van der Waals surface area contributed by atoms with Gasteiger partial charge in [0, 0.05) is 37.2 Å². The van der Waals surface area contributed by atoms with Crippen LogP contribution in [-0.4, -0.2) is 26.6 Å². The van der Waals surface area contributed by atoms with Gasteiger partial charge in [-0.2, -0.15) is 11.8 Å². The number of nitrogens with two attached hydrogens (primary N) is 1. The first kappa shape index (κ1) is 10.1. The Kier molecular flexibility index (Phi) is 3.13. The van der Waals surface area contributed by atoms with Gasteiger partial charge in [0.1, 0.15) is 5.82 Å². The van der Waals surface area contributed by atoms with Crippen LogP contribution in [0.2, 0.25) is 0 Å². The molecule has 2 N–H and O–H groups in total. The zero-order valence-electron chi connectivity index (χ0n) is 8.52. The van der Waals surface area contributed by atoms with Crippen LogP contribution in [0.1, 0.15) is 18.7 Å². The van der Waals surface area contributed by atoms with E-state index in [-0.39, 0.29) is 6.04 Å². The maximum atomic E-state index is 6.16. The summed E-state index contributed by atoms with van der Waals surface area (Å²) < 4.78 is 2.06. The van der Waals surface area contributed by atoms with Crippen LogP contribution in [0.4, 0.5) is 0 Å². The van der Waals surface area contributed by atoms with Crippen molar-refractivity contribution in [2.24, 2.45) is 12.8 Å². The minimum atomic E-state index is 0.267. The number of thioether (sulfide) groups is 1. The fraction of sp³-hybridized carbons (Fsp3) is 0.700. The highest BCUT2D eigenvalue weighted by molar-refractivity contribution is 8.00. The van der Waals surface area contributed by atoms with Crippen LogP contribution in [0.15, 0.2) is 12.4 Å². The summed E-state index contributed by atoms with van der Waals surface area (Å²) in [6.45, 7) is 0. The van der Waals surface area contributed by atoms with Crippen LogP contribution in [0.25, 0.3) is 0 Å². The van der Waals surface area contributed by atoms with E-state index in [0.29, 0.717) is 5.25 Å². The lowest BCUT2D eigenvalue weighted by Gasteiger charge is -2.17. The topological polar surface area (TPSA) is 43.8 Å². The van der Waals surface area contributed by atoms with Crippen molar-refractivity contribution in [2.75, 3.05) is 5.75 Å². The highest BCUT2D eigenvalue weighted by atomic mass is 32.2. The maximum Gasteiger partial charge on any atom is 0.109 e. The molecule has 2 atom stereocenters. The first-order chi connectivity index (χ1) is 6.77. The second kappa shape index (κ2) is 4.36. The van der Waals surface area contributed by atoms with E-state index in [2.05, 4.69) is 9.55 Å². The number of nitrogens with zero attached hydrogens (tertiary/aromatic N) is 2. The molecule has 1 aliphatic heterocycles. The lowest BCUT2D eigenvalue weighted by molar-refractivity contribution is 0.582. The van der Waals surface area contributed by atoms with Gasteiger partial charge in [0.05, 0.1) is 0 Å². The third kappa shape index (κ3) is 2.12. The van der Waals surface area contributed by atoms with Crippen LogP contribution >= 0.6 is 11.8 Å². The Balaban J connectivity index is 1.93. The fourth-order valence-corrected chi connectivity index (χ4v) is 3.19. The van der Waals surface area contributed by atoms with Gasteiger partial charge in [0.25, 0.3) is 0 Å². The number of aromatic nitrogens is 2. The molecule has 78 valence electrons. The molecule has 3 nitrogen and oxygen atoms in total. The molecule has 1 fully saturated rings. The van der Waals surface area contributed by atoms with Gasteiger partial charge in [0.2, 0.25) is 0 Å². The molecule has 1 aromatic rings. The Hall–Kier alpha value is -0.480. The monoisotopic (exact) mass is 211 g/mol. The number of rotatable bonds is 3. The van der Waals surface area contributed by atoms with Crippen molar-refractivity contribution in [1.82, 2.24) is 9.55 Å². The molecule has 1 aliphatic rings. The van der Waals surface area contributed by atoms with Crippen LogP contribution in [0.3, 0.4) is 0 Å². The molecule has 2 unspecified atom stereocenters. The zero-order chi connectivity index (χ0) is 9.97. The fourth-order valence-electron chi connectivity index (χ4n) is 1.88. The number of hydrogen-bond acceptors (Lipinski definition) is 3. The summed E-state index contributed by atoms with van der Waals surface area (Å²) in [4.78, 5) is 4.30. The van der Waals surface area contributed by atoms with Gasteiger partial charge in [-0.3, -0.25) is 0 Å². The second-order valence-electron chi connectivity index (χ2n) is 3.87. The van der Waals surface area contributed by atoms with E-state index in [1.807, 2.05) is 31.2 Å². The predicted octanol–water partition coefficient (Wildman–Crippen LogP) is 1.19. The van der Waals surface area contributed by atoms with Crippen molar-refractivity contribution < 1.29 is 0 Å². The number of aryl methyl sites for hydroxylation is 1. The Morgan fingerprint density at radius 2 is 2.64 bits per heavy atom. The second-order valence-corrected chi connectivity index (χ2v) is 5.22. The molecular weight excluding hydrogens is 194 g/mol. The highest BCUT2D eigenvalue weighted by Gasteiger charge is 2.23. The Labute approximate surface area is 89.1 Å². The SMILES string of the molecule is Cn1ccnc1CC(N)C1CCCS1. The van der Waals surface area contributed by atoms with Crippen LogP contribution in [-0.2, 0) is 13.5 Å². The van der Waals surface area contributed by atoms with Crippen molar-refractivity contribution >= 4 is 11.8 Å². The number of hydrogen-bond donors (Lipinski definition) is 1. The predicted molar refractivity (Wildman–Crippen MR) is 60.4 cm³/mol. The molecule has 14 heavy (non-hydrogen) atoms. The molecule has 1 saturated heterocycles. The summed E-state index contributed by atoms with van der Waals surface area (Å²) in [6, 6.07) is 0.267. The Bertz CT molecular complexity index is 291. The van der Waals surface area contributed by atoms with Crippen molar-refractivity contribution in [3.63, 3.8) is 0 Å². The molecule has 1 aromatic heterocycles. The largest absolute Gasteiger partial charge is 0.338 e. The molecule has 0 spiro atoms. The van der Waals surface area contributed by atoms with Gasteiger partial charge in [-0.15, -0.1) is 0 Å². The van der Waals surface area contributed by atoms with Crippen molar-refractivity contribution in [3.05, 3.63) is 18.2 Å². The lowest BCUT2D eigenvalue weighted by Crippen LogP contribution is -2.33. The van der Waals surface area contributed by atoms with Crippen LogP contribution in [0, 0.1) is 0 Å². The first-order valence-electron chi connectivity index (χ1n) is 5.11. The molecule has 0 amide bonds. The van der Waals surface area contributed by atoms with Gasteiger partial charge in [-0.1, -0.05) is 0 Å². The minimum Gasteiger partial charge on any atom is -0.338 e. The molecule has 0 aliphatic carbocycles. The molecule has 0 bridgehead atoms. The lowest BCUT2D eigenvalue weighted by atomic mass is 10.1. The average Bonchev–Trinajstić information content (AvgIpc) is 2.77. The van der Waals surface area contributed by atoms with Gasteiger partial charge in [-0.05, 0) is 18.6 Å².